The molecule has 0 spiro atoms. The van der Waals surface area contributed by atoms with Gasteiger partial charge in [0.25, 0.3) is 0 Å². The molecule has 1 saturated heterocycles. The van der Waals surface area contributed by atoms with Crippen molar-refractivity contribution in [1.82, 2.24) is 19.7 Å². The van der Waals surface area contributed by atoms with Crippen LogP contribution in [0.2, 0.25) is 0 Å². The molecule has 0 aliphatic carbocycles. The van der Waals surface area contributed by atoms with Crippen LogP contribution in [0.15, 0.2) is 59.8 Å². The lowest BCUT2D eigenvalue weighted by Crippen LogP contribution is -2.36. The summed E-state index contributed by atoms with van der Waals surface area (Å²) >= 11 is 1.45. The highest BCUT2D eigenvalue weighted by Crippen LogP contribution is 2.31. The van der Waals surface area contributed by atoms with Gasteiger partial charge >= 0.3 is 0 Å². The third kappa shape index (κ3) is 4.67. The first kappa shape index (κ1) is 20.5. The van der Waals surface area contributed by atoms with Gasteiger partial charge in [-0.25, -0.2) is 0 Å². The van der Waals surface area contributed by atoms with Crippen molar-refractivity contribution >= 4 is 17.7 Å². The zero-order valence-corrected chi connectivity index (χ0v) is 18.0. The minimum absolute atomic E-state index is 0.174. The molecule has 0 unspecified atom stereocenters. The number of hydrogen-bond donors (Lipinski definition) is 0. The van der Waals surface area contributed by atoms with E-state index in [1.54, 1.807) is 7.11 Å². The lowest BCUT2D eigenvalue weighted by atomic mass is 10.1. The molecule has 0 atom stereocenters. The summed E-state index contributed by atoms with van der Waals surface area (Å²) in [6, 6.07) is 18.0. The molecule has 4 rings (SSSR count). The van der Waals surface area contributed by atoms with Crippen LogP contribution in [0.1, 0.15) is 24.8 Å². The van der Waals surface area contributed by atoms with Crippen LogP contribution in [0.4, 0.5) is 0 Å². The van der Waals surface area contributed by atoms with Crippen LogP contribution in [-0.4, -0.2) is 51.5 Å². The van der Waals surface area contributed by atoms with Crippen LogP contribution in [0.3, 0.4) is 0 Å². The normalized spacial score (nSPS) is 14.0. The van der Waals surface area contributed by atoms with Gasteiger partial charge in [0.2, 0.25) is 5.91 Å². The van der Waals surface area contributed by atoms with E-state index in [4.69, 9.17) is 4.74 Å². The van der Waals surface area contributed by atoms with Crippen LogP contribution < -0.4 is 4.74 Å². The molecule has 2 heterocycles. The zero-order chi connectivity index (χ0) is 20.8. The van der Waals surface area contributed by atoms with Crippen molar-refractivity contribution in [1.29, 1.82) is 0 Å². The number of likely N-dealkylation sites (tertiary alicyclic amines) is 1. The Hall–Kier alpha value is -2.80. The number of carbonyl (C=O) groups is 1. The predicted molar refractivity (Wildman–Crippen MR) is 119 cm³/mol. The Bertz CT molecular complexity index is 984. The van der Waals surface area contributed by atoms with E-state index in [-0.39, 0.29) is 5.91 Å². The van der Waals surface area contributed by atoms with Crippen molar-refractivity contribution in [2.45, 2.75) is 31.0 Å². The van der Waals surface area contributed by atoms with Gasteiger partial charge in [0.15, 0.2) is 11.0 Å². The van der Waals surface area contributed by atoms with Crippen LogP contribution in [-0.2, 0) is 11.3 Å². The zero-order valence-electron chi connectivity index (χ0n) is 17.2. The standard InChI is InChI=1S/C23H26N4O2S/c1-29-20-13-7-6-12-19(20)22-24-25-23(27(22)16-18-10-4-2-5-11-18)30-17-21(28)26-14-8-3-9-15-26/h2,4-7,10-13H,3,8-9,14-17H2,1H3. The number of ether oxygens (including phenoxy) is 1. The topological polar surface area (TPSA) is 60.3 Å². The summed E-state index contributed by atoms with van der Waals surface area (Å²) in [6.07, 6.45) is 3.40. The fourth-order valence-electron chi connectivity index (χ4n) is 3.69. The van der Waals surface area contributed by atoms with Gasteiger partial charge in [-0.2, -0.15) is 0 Å². The highest BCUT2D eigenvalue weighted by molar-refractivity contribution is 7.99. The predicted octanol–water partition coefficient (Wildman–Crippen LogP) is 4.11. The lowest BCUT2D eigenvalue weighted by Gasteiger charge is -2.26. The van der Waals surface area contributed by atoms with E-state index in [9.17, 15) is 4.79 Å². The number of nitrogens with zero attached hydrogens (tertiary/aromatic N) is 4. The number of amides is 1. The fourth-order valence-corrected chi connectivity index (χ4v) is 4.53. The monoisotopic (exact) mass is 422 g/mol. The average Bonchev–Trinajstić information content (AvgIpc) is 3.20. The quantitative estimate of drug-likeness (QED) is 0.537. The summed E-state index contributed by atoms with van der Waals surface area (Å²) in [7, 11) is 1.66. The summed E-state index contributed by atoms with van der Waals surface area (Å²) in [6.45, 7) is 2.35. The number of hydrogen-bond acceptors (Lipinski definition) is 5. The van der Waals surface area contributed by atoms with Gasteiger partial charge in [0.1, 0.15) is 5.75 Å². The van der Waals surface area contributed by atoms with Gasteiger partial charge in [0.05, 0.1) is 25.0 Å². The molecule has 1 fully saturated rings. The SMILES string of the molecule is COc1ccccc1-c1nnc(SCC(=O)N2CCCCC2)n1Cc1ccccc1. The number of aromatic nitrogens is 3. The van der Waals surface area contributed by atoms with Gasteiger partial charge in [-0.15, -0.1) is 10.2 Å². The second-order valence-electron chi connectivity index (χ2n) is 7.31. The van der Waals surface area contributed by atoms with Crippen LogP contribution >= 0.6 is 11.8 Å². The molecule has 1 aromatic heterocycles. The number of thioether (sulfide) groups is 1. The lowest BCUT2D eigenvalue weighted by molar-refractivity contribution is -0.129. The molecule has 0 saturated carbocycles. The van der Waals surface area contributed by atoms with E-state index >= 15 is 0 Å². The van der Waals surface area contributed by atoms with Crippen molar-refractivity contribution in [3.8, 4) is 17.1 Å². The number of methoxy groups -OCH3 is 1. The molecular formula is C23H26N4O2S. The average molecular weight is 423 g/mol. The number of para-hydroxylation sites is 1. The Labute approximate surface area is 181 Å². The maximum absolute atomic E-state index is 12.6. The fraction of sp³-hybridized carbons (Fsp3) is 0.348. The third-order valence-electron chi connectivity index (χ3n) is 5.28. The van der Waals surface area contributed by atoms with Crippen LogP contribution in [0.25, 0.3) is 11.4 Å². The number of rotatable bonds is 7. The van der Waals surface area contributed by atoms with Gasteiger partial charge < -0.3 is 9.64 Å². The number of carbonyl (C=O) groups excluding carboxylic acids is 1. The van der Waals surface area contributed by atoms with E-state index in [1.807, 2.05) is 47.4 Å². The van der Waals surface area contributed by atoms with Gasteiger partial charge in [-0.05, 0) is 37.0 Å². The van der Waals surface area contributed by atoms with Gasteiger partial charge in [-0.1, -0.05) is 54.2 Å². The molecule has 1 amide bonds. The molecule has 0 radical (unpaired) electrons. The van der Waals surface area contributed by atoms with Crippen molar-refractivity contribution < 1.29 is 9.53 Å². The highest BCUT2D eigenvalue weighted by atomic mass is 32.2. The largest absolute Gasteiger partial charge is 0.496 e. The molecule has 30 heavy (non-hydrogen) atoms. The maximum Gasteiger partial charge on any atom is 0.233 e. The van der Waals surface area contributed by atoms with Crippen LogP contribution in [0.5, 0.6) is 5.75 Å². The molecular weight excluding hydrogens is 396 g/mol. The summed E-state index contributed by atoms with van der Waals surface area (Å²) in [5.41, 5.74) is 2.04. The van der Waals surface area contributed by atoms with E-state index in [0.29, 0.717) is 12.3 Å². The number of piperidine rings is 1. The minimum Gasteiger partial charge on any atom is -0.496 e. The Morgan fingerprint density at radius 3 is 2.50 bits per heavy atom. The van der Waals surface area contributed by atoms with Crippen LogP contribution in [0, 0.1) is 0 Å². The first-order chi connectivity index (χ1) is 14.8. The molecule has 7 heteroatoms. The molecule has 2 aromatic carbocycles. The van der Waals surface area contributed by atoms with Gasteiger partial charge in [-0.3, -0.25) is 9.36 Å². The highest BCUT2D eigenvalue weighted by Gasteiger charge is 2.21. The molecule has 6 nitrogen and oxygen atoms in total. The number of benzene rings is 2. The third-order valence-corrected chi connectivity index (χ3v) is 6.23. The molecule has 0 bridgehead atoms. The van der Waals surface area contributed by atoms with Crippen molar-refractivity contribution in [3.05, 3.63) is 60.2 Å². The molecule has 1 aliphatic heterocycles. The van der Waals surface area contributed by atoms with E-state index in [1.165, 1.54) is 18.2 Å². The Morgan fingerprint density at radius 1 is 1.00 bits per heavy atom. The smallest absolute Gasteiger partial charge is 0.233 e. The second-order valence-corrected chi connectivity index (χ2v) is 8.25. The molecule has 3 aromatic rings. The minimum atomic E-state index is 0.174. The van der Waals surface area contributed by atoms with E-state index < -0.39 is 0 Å². The first-order valence-electron chi connectivity index (χ1n) is 10.3. The first-order valence-corrected chi connectivity index (χ1v) is 11.3. The van der Waals surface area contributed by atoms with Gasteiger partial charge in [0, 0.05) is 13.1 Å². The summed E-state index contributed by atoms with van der Waals surface area (Å²) in [4.78, 5) is 14.6. The Morgan fingerprint density at radius 2 is 1.73 bits per heavy atom. The van der Waals surface area contributed by atoms with Crippen molar-refractivity contribution in [2.24, 2.45) is 0 Å². The summed E-state index contributed by atoms with van der Waals surface area (Å²) < 4.78 is 7.61. The molecule has 1 aliphatic rings. The molecule has 0 N–H and O–H groups in total. The second kappa shape index (κ2) is 9.80. The Kier molecular flexibility index (Phi) is 6.69. The summed E-state index contributed by atoms with van der Waals surface area (Å²) in [5.74, 6) is 2.04. The van der Waals surface area contributed by atoms with Crippen molar-refractivity contribution in [2.75, 3.05) is 26.0 Å². The molecule has 156 valence electrons. The van der Waals surface area contributed by atoms with Crippen molar-refractivity contribution in [3.63, 3.8) is 0 Å². The Balaban J connectivity index is 1.61. The summed E-state index contributed by atoms with van der Waals surface area (Å²) in [5, 5.41) is 9.64. The van der Waals surface area contributed by atoms with E-state index in [0.717, 1.165) is 53.8 Å². The van der Waals surface area contributed by atoms with E-state index in [2.05, 4.69) is 26.9 Å². The maximum atomic E-state index is 12.6.